The third-order valence-corrected chi connectivity index (χ3v) is 7.40. The van der Waals surface area contributed by atoms with E-state index in [9.17, 15) is 13.2 Å². The zero-order valence-electron chi connectivity index (χ0n) is 16.7. The van der Waals surface area contributed by atoms with Crippen molar-refractivity contribution in [3.05, 3.63) is 71.1 Å². The molecule has 0 bridgehead atoms. The second kappa shape index (κ2) is 9.21. The molecule has 0 atom stereocenters. The summed E-state index contributed by atoms with van der Waals surface area (Å²) in [5, 5.41) is 0.0751. The number of piperidine rings is 1. The number of carbonyl (C=O) groups is 1. The lowest BCUT2D eigenvalue weighted by atomic mass is 10.2. The number of carbonyl (C=O) groups excluding carboxylic acids is 1. The molecule has 31 heavy (non-hydrogen) atoms. The maximum absolute atomic E-state index is 13.0. The normalized spacial score (nSPS) is 15.0. The summed E-state index contributed by atoms with van der Waals surface area (Å²) in [7, 11) is -3.78. The molecule has 4 rings (SSSR count). The van der Waals surface area contributed by atoms with Crippen LogP contribution in [0.5, 0.6) is 0 Å². The number of sulfonamides is 1. The van der Waals surface area contributed by atoms with Gasteiger partial charge in [0.05, 0.1) is 10.6 Å². The predicted octanol–water partition coefficient (Wildman–Crippen LogP) is 4.53. The Morgan fingerprint density at radius 1 is 1.10 bits per heavy atom. The van der Waals surface area contributed by atoms with Crippen molar-refractivity contribution in [1.82, 2.24) is 9.29 Å². The average molecular weight is 461 g/mol. The highest BCUT2D eigenvalue weighted by Gasteiger charge is 2.29. The number of benzene rings is 2. The van der Waals surface area contributed by atoms with E-state index in [1.807, 2.05) is 30.3 Å². The minimum absolute atomic E-state index is 0.0751. The molecule has 1 aliphatic rings. The molecule has 0 saturated carbocycles. The van der Waals surface area contributed by atoms with Gasteiger partial charge in [0.1, 0.15) is 23.5 Å². The van der Waals surface area contributed by atoms with E-state index in [1.165, 1.54) is 28.8 Å². The van der Waals surface area contributed by atoms with E-state index in [4.69, 9.17) is 20.8 Å². The van der Waals surface area contributed by atoms with Gasteiger partial charge in [-0.3, -0.25) is 0 Å². The molecule has 0 unspecified atom stereocenters. The minimum Gasteiger partial charge on any atom is -0.455 e. The Balaban J connectivity index is 1.47. The quantitative estimate of drug-likeness (QED) is 0.502. The summed E-state index contributed by atoms with van der Waals surface area (Å²) in [4.78, 5) is 16.8. The summed E-state index contributed by atoms with van der Waals surface area (Å²) in [6.45, 7) is 0.790. The van der Waals surface area contributed by atoms with Gasteiger partial charge >= 0.3 is 5.97 Å². The van der Waals surface area contributed by atoms with Gasteiger partial charge in [0, 0.05) is 18.7 Å². The van der Waals surface area contributed by atoms with Gasteiger partial charge < -0.3 is 9.15 Å². The molecule has 1 fully saturated rings. The van der Waals surface area contributed by atoms with Gasteiger partial charge in [0.15, 0.2) is 0 Å². The third-order valence-electron chi connectivity index (χ3n) is 5.02. The van der Waals surface area contributed by atoms with Crippen molar-refractivity contribution in [2.45, 2.75) is 30.8 Å². The third kappa shape index (κ3) is 4.81. The van der Waals surface area contributed by atoms with Crippen LogP contribution in [0, 0.1) is 0 Å². The smallest absolute Gasteiger partial charge is 0.338 e. The monoisotopic (exact) mass is 460 g/mol. The molecule has 0 N–H and O–H groups in total. The molecule has 9 heteroatoms. The molecular formula is C22H21ClN2O5S. The number of nitrogens with zero attached hydrogens (tertiary/aromatic N) is 2. The van der Waals surface area contributed by atoms with Crippen molar-refractivity contribution in [2.75, 3.05) is 13.1 Å². The van der Waals surface area contributed by atoms with E-state index >= 15 is 0 Å². The van der Waals surface area contributed by atoms with Gasteiger partial charge in [-0.1, -0.05) is 36.2 Å². The first-order valence-electron chi connectivity index (χ1n) is 9.92. The number of hydrogen-bond donors (Lipinski definition) is 0. The van der Waals surface area contributed by atoms with Crippen LogP contribution in [0.2, 0.25) is 5.02 Å². The van der Waals surface area contributed by atoms with Crippen LogP contribution in [-0.4, -0.2) is 36.8 Å². The van der Waals surface area contributed by atoms with Crippen LogP contribution in [0.4, 0.5) is 0 Å². The topological polar surface area (TPSA) is 89.7 Å². The summed E-state index contributed by atoms with van der Waals surface area (Å²) < 4.78 is 38.1. The molecule has 0 spiro atoms. The predicted molar refractivity (Wildman–Crippen MR) is 115 cm³/mol. The van der Waals surface area contributed by atoms with Crippen molar-refractivity contribution < 1.29 is 22.4 Å². The summed E-state index contributed by atoms with van der Waals surface area (Å²) in [6.07, 6.45) is 4.03. The highest BCUT2D eigenvalue weighted by atomic mass is 35.5. The van der Waals surface area contributed by atoms with Crippen molar-refractivity contribution in [3.63, 3.8) is 0 Å². The number of hydrogen-bond acceptors (Lipinski definition) is 6. The minimum atomic E-state index is -3.78. The Kier molecular flexibility index (Phi) is 6.41. The maximum Gasteiger partial charge on any atom is 0.338 e. The van der Waals surface area contributed by atoms with Crippen LogP contribution in [0.15, 0.2) is 64.1 Å². The highest BCUT2D eigenvalue weighted by molar-refractivity contribution is 7.89. The van der Waals surface area contributed by atoms with E-state index in [0.29, 0.717) is 24.7 Å². The molecule has 162 valence electrons. The van der Waals surface area contributed by atoms with Gasteiger partial charge in [0.25, 0.3) is 0 Å². The number of rotatable bonds is 6. The van der Waals surface area contributed by atoms with E-state index < -0.39 is 16.0 Å². The Morgan fingerprint density at radius 3 is 2.58 bits per heavy atom. The molecule has 0 aliphatic carbocycles. The lowest BCUT2D eigenvalue weighted by Crippen LogP contribution is -2.35. The number of oxazole rings is 1. The van der Waals surface area contributed by atoms with Gasteiger partial charge in [-0.25, -0.2) is 18.2 Å². The van der Waals surface area contributed by atoms with Gasteiger partial charge in [-0.2, -0.15) is 4.31 Å². The average Bonchev–Trinajstić information content (AvgIpc) is 3.28. The van der Waals surface area contributed by atoms with Gasteiger partial charge in [0.2, 0.25) is 15.9 Å². The molecule has 0 radical (unpaired) electrons. The van der Waals surface area contributed by atoms with Crippen LogP contribution in [0.3, 0.4) is 0 Å². The van der Waals surface area contributed by atoms with Crippen molar-refractivity contribution >= 4 is 27.6 Å². The van der Waals surface area contributed by atoms with Crippen molar-refractivity contribution in [3.8, 4) is 11.5 Å². The zero-order chi connectivity index (χ0) is 21.8. The Bertz CT molecular complexity index is 1170. The summed E-state index contributed by atoms with van der Waals surface area (Å²) in [5.41, 5.74) is 1.36. The Morgan fingerprint density at radius 2 is 1.84 bits per heavy atom. The first-order chi connectivity index (χ1) is 14.9. The van der Waals surface area contributed by atoms with E-state index in [2.05, 4.69) is 4.98 Å². The molecule has 1 aliphatic heterocycles. The number of esters is 1. The number of halogens is 1. The van der Waals surface area contributed by atoms with Crippen LogP contribution in [-0.2, 0) is 21.4 Å². The first kappa shape index (κ1) is 21.5. The van der Waals surface area contributed by atoms with E-state index in [0.717, 1.165) is 24.8 Å². The summed E-state index contributed by atoms with van der Waals surface area (Å²) in [5.74, 6) is -0.246. The zero-order valence-corrected chi connectivity index (χ0v) is 18.2. The number of ether oxygens (including phenoxy) is 1. The Hall–Kier alpha value is -2.68. The van der Waals surface area contributed by atoms with Crippen LogP contribution < -0.4 is 0 Å². The van der Waals surface area contributed by atoms with Gasteiger partial charge in [-0.15, -0.1) is 0 Å². The fraction of sp³-hybridized carbons (Fsp3) is 0.273. The van der Waals surface area contributed by atoms with Crippen molar-refractivity contribution in [2.24, 2.45) is 0 Å². The largest absolute Gasteiger partial charge is 0.455 e. The maximum atomic E-state index is 13.0. The van der Waals surface area contributed by atoms with E-state index in [1.54, 1.807) is 0 Å². The van der Waals surface area contributed by atoms with Crippen molar-refractivity contribution in [1.29, 1.82) is 0 Å². The van der Waals surface area contributed by atoms with Crippen LogP contribution in [0.1, 0.15) is 35.3 Å². The SMILES string of the molecule is O=C(OCc1coc(-c2ccccc2)n1)c1ccc(Cl)c(S(=O)(=O)N2CCCCC2)c1. The molecule has 2 heterocycles. The van der Waals surface area contributed by atoms with E-state index in [-0.39, 0.29) is 22.1 Å². The highest BCUT2D eigenvalue weighted by Crippen LogP contribution is 2.28. The first-order valence-corrected chi connectivity index (χ1v) is 11.7. The molecule has 2 aromatic carbocycles. The second-order valence-electron chi connectivity index (χ2n) is 7.20. The standard InChI is InChI=1S/C22H21ClN2O5S/c23-19-10-9-17(13-20(19)31(27,28)25-11-5-2-6-12-25)22(26)30-15-18-14-29-21(24-18)16-7-3-1-4-8-16/h1,3-4,7-10,13-14H,2,5-6,11-12,15H2. The molecular weight excluding hydrogens is 440 g/mol. The fourth-order valence-corrected chi connectivity index (χ4v) is 5.40. The second-order valence-corrected chi connectivity index (χ2v) is 9.51. The van der Waals surface area contributed by atoms with Gasteiger partial charge in [-0.05, 0) is 43.2 Å². The molecule has 1 saturated heterocycles. The molecule has 7 nitrogen and oxygen atoms in total. The lowest BCUT2D eigenvalue weighted by molar-refractivity contribution is 0.0467. The molecule has 1 aromatic heterocycles. The fourth-order valence-electron chi connectivity index (χ4n) is 3.38. The molecule has 3 aromatic rings. The van der Waals surface area contributed by atoms with Crippen LogP contribution in [0.25, 0.3) is 11.5 Å². The number of aromatic nitrogens is 1. The summed E-state index contributed by atoms with van der Waals surface area (Å²) in [6, 6.07) is 13.5. The van der Waals surface area contributed by atoms with Crippen LogP contribution >= 0.6 is 11.6 Å². The Labute approximate surface area is 185 Å². The summed E-state index contributed by atoms with van der Waals surface area (Å²) >= 11 is 6.16. The lowest BCUT2D eigenvalue weighted by Gasteiger charge is -2.26. The molecule has 0 amide bonds.